The molecule has 2 aliphatic rings. The van der Waals surface area contributed by atoms with Crippen LogP contribution in [0.25, 0.3) is 0 Å². The van der Waals surface area contributed by atoms with E-state index >= 15 is 0 Å². The van der Waals surface area contributed by atoms with Gasteiger partial charge in [-0.3, -0.25) is 14.4 Å². The van der Waals surface area contributed by atoms with Crippen molar-refractivity contribution >= 4 is 17.8 Å². The predicted octanol–water partition coefficient (Wildman–Crippen LogP) is 0.886. The van der Waals surface area contributed by atoms with Gasteiger partial charge in [0.1, 0.15) is 6.54 Å². The van der Waals surface area contributed by atoms with Crippen LogP contribution in [0.5, 0.6) is 0 Å². The number of hydrogen-bond acceptors (Lipinski definition) is 5. The van der Waals surface area contributed by atoms with Gasteiger partial charge in [0.2, 0.25) is 11.8 Å². The third kappa shape index (κ3) is 6.57. The molecule has 1 N–H and O–H groups in total. The zero-order valence-electron chi connectivity index (χ0n) is 15.5. The van der Waals surface area contributed by atoms with Crippen LogP contribution in [0, 0.1) is 0 Å². The SMILES string of the molecule is CC(=O)N(CC(=O)O)C1CCCN(C(=O)CCOCC2CCCO2)CC1. The smallest absolute Gasteiger partial charge is 0.323 e. The summed E-state index contributed by atoms with van der Waals surface area (Å²) in [6, 6.07) is -0.128. The number of carboxylic acids is 1. The Bertz CT molecular complexity index is 492. The fraction of sp³-hybridized carbons (Fsp3) is 0.833. The Kier molecular flexibility index (Phi) is 8.31. The topological polar surface area (TPSA) is 96.4 Å². The lowest BCUT2D eigenvalue weighted by Crippen LogP contribution is -2.43. The molecule has 2 heterocycles. The van der Waals surface area contributed by atoms with Gasteiger partial charge in [-0.1, -0.05) is 0 Å². The molecule has 2 saturated heterocycles. The molecule has 26 heavy (non-hydrogen) atoms. The summed E-state index contributed by atoms with van der Waals surface area (Å²) in [4.78, 5) is 38.3. The lowest BCUT2D eigenvalue weighted by atomic mass is 10.1. The molecule has 8 heteroatoms. The number of carbonyl (C=O) groups excluding carboxylic acids is 2. The van der Waals surface area contributed by atoms with Gasteiger partial charge in [0.15, 0.2) is 0 Å². The zero-order chi connectivity index (χ0) is 18.9. The van der Waals surface area contributed by atoms with Crippen molar-refractivity contribution in [1.82, 2.24) is 9.80 Å². The van der Waals surface area contributed by atoms with Crippen LogP contribution >= 0.6 is 0 Å². The normalized spacial score (nSPS) is 23.5. The maximum absolute atomic E-state index is 12.4. The first-order valence-electron chi connectivity index (χ1n) is 9.43. The molecule has 2 unspecified atom stereocenters. The second-order valence-corrected chi connectivity index (χ2v) is 6.97. The standard InChI is InChI=1S/C18H30N2O6/c1-14(21)20(12-18(23)24)15-4-2-8-19(9-6-15)17(22)7-11-25-13-16-5-3-10-26-16/h15-16H,2-13H2,1H3,(H,23,24). The summed E-state index contributed by atoms with van der Waals surface area (Å²) in [6.45, 7) is 4.00. The van der Waals surface area contributed by atoms with Gasteiger partial charge in [-0.05, 0) is 32.1 Å². The minimum atomic E-state index is -1.01. The van der Waals surface area contributed by atoms with Gasteiger partial charge in [0.25, 0.3) is 0 Å². The van der Waals surface area contributed by atoms with Crippen molar-refractivity contribution in [2.24, 2.45) is 0 Å². The highest BCUT2D eigenvalue weighted by Crippen LogP contribution is 2.18. The summed E-state index contributed by atoms with van der Waals surface area (Å²) in [5.74, 6) is -1.20. The molecular formula is C18H30N2O6. The van der Waals surface area contributed by atoms with E-state index in [9.17, 15) is 14.4 Å². The second-order valence-electron chi connectivity index (χ2n) is 6.97. The number of hydrogen-bond donors (Lipinski definition) is 1. The molecule has 0 bridgehead atoms. The molecule has 0 aliphatic carbocycles. The van der Waals surface area contributed by atoms with E-state index in [4.69, 9.17) is 14.6 Å². The summed E-state index contributed by atoms with van der Waals surface area (Å²) >= 11 is 0. The van der Waals surface area contributed by atoms with Crippen molar-refractivity contribution < 1.29 is 29.0 Å². The molecule has 0 aromatic carbocycles. The number of likely N-dealkylation sites (tertiary alicyclic amines) is 1. The van der Waals surface area contributed by atoms with Gasteiger partial charge in [-0.2, -0.15) is 0 Å². The van der Waals surface area contributed by atoms with E-state index in [1.165, 1.54) is 11.8 Å². The number of ether oxygens (including phenoxy) is 2. The highest BCUT2D eigenvalue weighted by Gasteiger charge is 2.27. The van der Waals surface area contributed by atoms with E-state index in [0.717, 1.165) is 25.9 Å². The van der Waals surface area contributed by atoms with Crippen molar-refractivity contribution in [1.29, 1.82) is 0 Å². The molecule has 2 amide bonds. The minimum absolute atomic E-state index is 0.0469. The van der Waals surface area contributed by atoms with Crippen molar-refractivity contribution in [3.05, 3.63) is 0 Å². The number of carboxylic acid groups (broad SMARTS) is 1. The third-order valence-corrected chi connectivity index (χ3v) is 4.99. The van der Waals surface area contributed by atoms with Gasteiger partial charge >= 0.3 is 5.97 Å². The van der Waals surface area contributed by atoms with Crippen LogP contribution < -0.4 is 0 Å². The van der Waals surface area contributed by atoms with Crippen molar-refractivity contribution in [2.75, 3.05) is 39.5 Å². The average molecular weight is 370 g/mol. The summed E-state index contributed by atoms with van der Waals surface area (Å²) in [5, 5.41) is 8.99. The Hall–Kier alpha value is -1.67. The van der Waals surface area contributed by atoms with Gasteiger partial charge in [-0.25, -0.2) is 0 Å². The minimum Gasteiger partial charge on any atom is -0.480 e. The summed E-state index contributed by atoms with van der Waals surface area (Å²) in [7, 11) is 0. The fourth-order valence-electron chi connectivity index (χ4n) is 3.59. The largest absolute Gasteiger partial charge is 0.480 e. The maximum atomic E-state index is 12.4. The molecule has 0 spiro atoms. The van der Waals surface area contributed by atoms with Gasteiger partial charge in [-0.15, -0.1) is 0 Å². The van der Waals surface area contributed by atoms with E-state index in [2.05, 4.69) is 0 Å². The van der Waals surface area contributed by atoms with Crippen LogP contribution in [0.1, 0.15) is 45.4 Å². The Morgan fingerprint density at radius 2 is 2.00 bits per heavy atom. The first kappa shape index (κ1) is 20.6. The molecule has 0 radical (unpaired) electrons. The number of aliphatic carboxylic acids is 1. The number of carbonyl (C=O) groups is 3. The van der Waals surface area contributed by atoms with Crippen LogP contribution in [0.2, 0.25) is 0 Å². The van der Waals surface area contributed by atoms with Gasteiger partial charge in [0.05, 0.1) is 25.7 Å². The summed E-state index contributed by atoms with van der Waals surface area (Å²) < 4.78 is 11.0. The van der Waals surface area contributed by atoms with Crippen molar-refractivity contribution in [2.45, 2.75) is 57.6 Å². The highest BCUT2D eigenvalue weighted by atomic mass is 16.5. The summed E-state index contributed by atoms with van der Waals surface area (Å²) in [5.41, 5.74) is 0. The molecule has 2 fully saturated rings. The van der Waals surface area contributed by atoms with Crippen LogP contribution in [0.3, 0.4) is 0 Å². The maximum Gasteiger partial charge on any atom is 0.323 e. The van der Waals surface area contributed by atoms with Crippen LogP contribution in [0.15, 0.2) is 0 Å². The Balaban J connectivity index is 1.72. The fourth-order valence-corrected chi connectivity index (χ4v) is 3.59. The zero-order valence-corrected chi connectivity index (χ0v) is 15.5. The quantitative estimate of drug-likeness (QED) is 0.638. The molecule has 2 atom stereocenters. The molecule has 2 rings (SSSR count). The Labute approximate surface area is 154 Å². The second kappa shape index (κ2) is 10.5. The van der Waals surface area contributed by atoms with E-state index in [-0.39, 0.29) is 30.5 Å². The van der Waals surface area contributed by atoms with Crippen molar-refractivity contribution in [3.63, 3.8) is 0 Å². The molecule has 8 nitrogen and oxygen atoms in total. The highest BCUT2D eigenvalue weighted by molar-refractivity contribution is 5.80. The number of nitrogens with zero attached hydrogens (tertiary/aromatic N) is 2. The molecule has 148 valence electrons. The van der Waals surface area contributed by atoms with E-state index in [1.54, 1.807) is 4.90 Å². The van der Waals surface area contributed by atoms with E-state index in [0.29, 0.717) is 45.6 Å². The number of rotatable bonds is 8. The molecule has 2 aliphatic heterocycles. The van der Waals surface area contributed by atoms with Gasteiger partial charge < -0.3 is 24.4 Å². The predicted molar refractivity (Wildman–Crippen MR) is 93.7 cm³/mol. The average Bonchev–Trinajstić information content (AvgIpc) is 2.99. The first-order chi connectivity index (χ1) is 12.5. The van der Waals surface area contributed by atoms with Crippen molar-refractivity contribution in [3.8, 4) is 0 Å². The van der Waals surface area contributed by atoms with Gasteiger partial charge in [0, 0.05) is 32.7 Å². The molecular weight excluding hydrogens is 340 g/mol. The van der Waals surface area contributed by atoms with E-state index in [1.807, 2.05) is 0 Å². The monoisotopic (exact) mass is 370 g/mol. The molecule has 0 aromatic heterocycles. The van der Waals surface area contributed by atoms with Crippen LogP contribution in [-0.4, -0.2) is 84.3 Å². The third-order valence-electron chi connectivity index (χ3n) is 4.99. The number of amides is 2. The van der Waals surface area contributed by atoms with Crippen LogP contribution in [0.4, 0.5) is 0 Å². The summed E-state index contributed by atoms with van der Waals surface area (Å²) in [6.07, 6.45) is 4.67. The first-order valence-corrected chi connectivity index (χ1v) is 9.43. The Morgan fingerprint density at radius 1 is 1.19 bits per heavy atom. The van der Waals surface area contributed by atoms with E-state index < -0.39 is 5.97 Å². The Morgan fingerprint density at radius 3 is 2.65 bits per heavy atom. The lowest BCUT2D eigenvalue weighted by molar-refractivity contribution is -0.145. The molecule has 0 aromatic rings. The molecule has 0 saturated carbocycles. The van der Waals surface area contributed by atoms with Crippen LogP contribution in [-0.2, 0) is 23.9 Å². The lowest BCUT2D eigenvalue weighted by Gasteiger charge is -2.28.